The van der Waals surface area contributed by atoms with Gasteiger partial charge >= 0.3 is 7.60 Å². The molecule has 0 aromatic carbocycles. The van der Waals surface area contributed by atoms with Crippen LogP contribution in [0.1, 0.15) is 13.8 Å². The summed E-state index contributed by atoms with van der Waals surface area (Å²) in [5, 5.41) is 0.460. The number of thioether (sulfide) groups is 2. The first-order valence-electron chi connectivity index (χ1n) is 7.76. The highest BCUT2D eigenvalue weighted by atomic mass is 35.5. The van der Waals surface area contributed by atoms with Gasteiger partial charge in [0.1, 0.15) is 5.52 Å². The molecule has 1 aliphatic rings. The fourth-order valence-corrected chi connectivity index (χ4v) is 9.21. The van der Waals surface area contributed by atoms with Crippen LogP contribution in [0, 0.1) is 0 Å². The predicted molar refractivity (Wildman–Crippen MR) is 103 cm³/mol. The number of nitrogens with zero attached hydrogens (tertiary/aromatic N) is 4. The zero-order chi connectivity index (χ0) is 18.0. The Bertz CT molecular complexity index is 797. The minimum atomic E-state index is -3.12. The number of anilines is 1. The molecule has 1 aliphatic heterocycles. The minimum Gasteiger partial charge on any atom is -0.368 e. The van der Waals surface area contributed by atoms with Gasteiger partial charge in [0.05, 0.1) is 19.5 Å². The van der Waals surface area contributed by atoms with Gasteiger partial charge in [0, 0.05) is 17.5 Å². The van der Waals surface area contributed by atoms with Crippen LogP contribution in [0.4, 0.5) is 5.95 Å². The van der Waals surface area contributed by atoms with Crippen LogP contribution in [0.2, 0.25) is 5.15 Å². The van der Waals surface area contributed by atoms with Gasteiger partial charge in [-0.15, -0.1) is 23.5 Å². The molecule has 3 heterocycles. The molecule has 25 heavy (non-hydrogen) atoms. The molecule has 0 bridgehead atoms. The van der Waals surface area contributed by atoms with E-state index in [0.29, 0.717) is 30.9 Å². The summed E-state index contributed by atoms with van der Waals surface area (Å²) in [6, 6.07) is 0. The molecule has 0 amide bonds. The maximum Gasteiger partial charge on any atom is 0.353 e. The smallest absolute Gasteiger partial charge is 0.353 e. The third kappa shape index (κ3) is 4.09. The molecule has 2 atom stereocenters. The summed E-state index contributed by atoms with van der Waals surface area (Å²) in [5.41, 5.74) is 6.81. The molecule has 8 nitrogen and oxygen atoms in total. The third-order valence-electron chi connectivity index (χ3n) is 3.45. The van der Waals surface area contributed by atoms with Crippen LogP contribution in [-0.2, 0) is 20.2 Å². The molecule has 0 spiro atoms. The third-order valence-corrected chi connectivity index (χ3v) is 10.6. The Balaban J connectivity index is 1.74. The van der Waals surface area contributed by atoms with E-state index in [4.69, 9.17) is 26.4 Å². The van der Waals surface area contributed by atoms with Crippen LogP contribution in [0.25, 0.3) is 11.2 Å². The predicted octanol–water partition coefficient (Wildman–Crippen LogP) is 3.46. The number of hydrogen-bond donors (Lipinski definition) is 1. The second-order valence-corrected chi connectivity index (χ2v) is 11.2. The number of nitrogens with two attached hydrogens (primary N) is 1. The Morgan fingerprint density at radius 3 is 2.80 bits per heavy atom. The lowest BCUT2D eigenvalue weighted by atomic mass is 10.4. The Kier molecular flexibility index (Phi) is 6.18. The Morgan fingerprint density at radius 2 is 2.12 bits per heavy atom. The normalized spacial score (nSPS) is 21.2. The van der Waals surface area contributed by atoms with Crippen molar-refractivity contribution >= 4 is 59.8 Å². The molecule has 2 aromatic heterocycles. The number of rotatable bonds is 7. The largest absolute Gasteiger partial charge is 0.368 e. The van der Waals surface area contributed by atoms with Crippen molar-refractivity contribution in [3.8, 4) is 0 Å². The van der Waals surface area contributed by atoms with Gasteiger partial charge < -0.3 is 19.3 Å². The Hall–Kier alpha value is -0.510. The lowest BCUT2D eigenvalue weighted by Gasteiger charge is -2.21. The van der Waals surface area contributed by atoms with Crippen molar-refractivity contribution in [2.24, 2.45) is 0 Å². The highest BCUT2D eigenvalue weighted by Gasteiger charge is 2.42. The summed E-state index contributed by atoms with van der Waals surface area (Å²) >= 11 is 9.27. The quantitative estimate of drug-likeness (QED) is 0.529. The first kappa shape index (κ1) is 19.3. The van der Waals surface area contributed by atoms with E-state index in [0.717, 1.165) is 5.75 Å². The molecule has 0 unspecified atom stereocenters. The topological polar surface area (TPSA) is 105 Å². The first-order valence-corrected chi connectivity index (χ1v) is 11.7. The van der Waals surface area contributed by atoms with Crippen LogP contribution in [0.3, 0.4) is 0 Å². The monoisotopic (exact) mass is 423 g/mol. The number of imidazole rings is 1. The fourth-order valence-electron chi connectivity index (χ4n) is 2.49. The maximum absolute atomic E-state index is 12.9. The molecule has 1 fully saturated rings. The summed E-state index contributed by atoms with van der Waals surface area (Å²) in [5.74, 6) is 0.941. The average Bonchev–Trinajstić information content (AvgIpc) is 3.16. The molecule has 0 saturated carbocycles. The average molecular weight is 424 g/mol. The fraction of sp³-hybridized carbons (Fsp3) is 0.615. The summed E-state index contributed by atoms with van der Waals surface area (Å²) in [6.07, 6.45) is 1.67. The lowest BCUT2D eigenvalue weighted by molar-refractivity contribution is 0.222. The van der Waals surface area contributed by atoms with E-state index in [1.165, 1.54) is 0 Å². The van der Waals surface area contributed by atoms with Crippen LogP contribution < -0.4 is 5.73 Å². The van der Waals surface area contributed by atoms with Crippen molar-refractivity contribution < 1.29 is 13.6 Å². The van der Waals surface area contributed by atoms with Gasteiger partial charge in [0.25, 0.3) is 0 Å². The van der Waals surface area contributed by atoms with E-state index in [1.54, 1.807) is 29.9 Å². The molecule has 0 radical (unpaired) electrons. The number of halogens is 1. The van der Waals surface area contributed by atoms with Crippen molar-refractivity contribution in [3.05, 3.63) is 11.5 Å². The van der Waals surface area contributed by atoms with Crippen LogP contribution in [0.15, 0.2) is 6.33 Å². The number of aromatic nitrogens is 4. The molecular weight excluding hydrogens is 405 g/mol. The van der Waals surface area contributed by atoms with E-state index in [-0.39, 0.29) is 20.7 Å². The van der Waals surface area contributed by atoms with Gasteiger partial charge in [0.2, 0.25) is 5.95 Å². The molecule has 138 valence electrons. The van der Waals surface area contributed by atoms with Crippen molar-refractivity contribution in [3.63, 3.8) is 0 Å². The second-order valence-electron chi connectivity index (χ2n) is 5.22. The Labute approximate surface area is 159 Å². The second kappa shape index (κ2) is 8.02. The van der Waals surface area contributed by atoms with Gasteiger partial charge in [-0.05, 0) is 13.8 Å². The molecule has 2 N–H and O–H groups in total. The molecule has 1 saturated heterocycles. The van der Waals surface area contributed by atoms with Gasteiger partial charge in [0.15, 0.2) is 15.1 Å². The van der Waals surface area contributed by atoms with Gasteiger partial charge in [-0.2, -0.15) is 9.97 Å². The molecule has 0 aliphatic carbocycles. The lowest BCUT2D eigenvalue weighted by Crippen LogP contribution is -2.13. The molecule has 3 rings (SSSR count). The van der Waals surface area contributed by atoms with Crippen molar-refractivity contribution in [1.82, 2.24) is 19.5 Å². The Morgan fingerprint density at radius 1 is 1.40 bits per heavy atom. The first-order chi connectivity index (χ1) is 12.0. The van der Waals surface area contributed by atoms with Gasteiger partial charge in [-0.25, -0.2) is 4.98 Å². The van der Waals surface area contributed by atoms with Crippen molar-refractivity contribution in [2.45, 2.75) is 30.0 Å². The number of fused-ring (bicyclic) bond motifs is 1. The van der Waals surface area contributed by atoms with Crippen molar-refractivity contribution in [1.29, 1.82) is 0 Å². The molecule has 12 heteroatoms. The molecule has 2 aromatic rings. The van der Waals surface area contributed by atoms with E-state index in [2.05, 4.69) is 15.0 Å². The SMILES string of the molecule is CCOP(=O)(OCC)[C@H]1SC[C@H](Cn2cnc3c(Cl)nc(N)nc32)S1. The standard InChI is InChI=1S/C13H19ClN5O3PS2/c1-3-21-23(20,22-4-2)13-24-6-8(25-13)5-19-7-16-9-10(14)17-12(15)18-11(9)19/h7-8,13H,3-6H2,1-2H3,(H2,15,17,18)/t8-,13-/m0/s1. The number of nitrogen functional groups attached to an aromatic ring is 1. The highest BCUT2D eigenvalue weighted by molar-refractivity contribution is 8.26. The van der Waals surface area contributed by atoms with E-state index in [1.807, 2.05) is 18.4 Å². The van der Waals surface area contributed by atoms with Crippen molar-refractivity contribution in [2.75, 3.05) is 24.7 Å². The maximum atomic E-state index is 12.9. The van der Waals surface area contributed by atoms with Crippen LogP contribution >= 0.6 is 42.7 Å². The van der Waals surface area contributed by atoms with Gasteiger partial charge in [-0.1, -0.05) is 11.6 Å². The van der Waals surface area contributed by atoms with Crippen LogP contribution in [0.5, 0.6) is 0 Å². The zero-order valence-electron chi connectivity index (χ0n) is 13.8. The minimum absolute atomic E-state index is 0.114. The van der Waals surface area contributed by atoms with Crippen LogP contribution in [-0.4, -0.2) is 48.1 Å². The summed E-state index contributed by atoms with van der Waals surface area (Å²) in [7, 11) is -3.12. The summed E-state index contributed by atoms with van der Waals surface area (Å²) in [6.45, 7) is 5.01. The molecular formula is C13H19ClN5O3PS2. The van der Waals surface area contributed by atoms with Gasteiger partial charge in [-0.3, -0.25) is 4.57 Å². The van der Waals surface area contributed by atoms with E-state index >= 15 is 0 Å². The zero-order valence-corrected chi connectivity index (χ0v) is 17.1. The summed E-state index contributed by atoms with van der Waals surface area (Å²) < 4.78 is 25.5. The van der Waals surface area contributed by atoms with E-state index < -0.39 is 7.60 Å². The highest BCUT2D eigenvalue weighted by Crippen LogP contribution is 2.65. The van der Waals surface area contributed by atoms with E-state index in [9.17, 15) is 4.57 Å². The summed E-state index contributed by atoms with van der Waals surface area (Å²) in [4.78, 5) is 12.4. The number of hydrogen-bond acceptors (Lipinski definition) is 9.